The van der Waals surface area contributed by atoms with Crippen molar-refractivity contribution in [2.24, 2.45) is 7.05 Å². The van der Waals surface area contributed by atoms with E-state index in [2.05, 4.69) is 23.4 Å². The molecule has 0 aliphatic heterocycles. The largest absolute Gasteiger partial charge is 0.381 e. The highest BCUT2D eigenvalue weighted by molar-refractivity contribution is 5.47. The van der Waals surface area contributed by atoms with Gasteiger partial charge in [-0.05, 0) is 30.7 Å². The van der Waals surface area contributed by atoms with Crippen LogP contribution in [-0.4, -0.2) is 9.78 Å². The van der Waals surface area contributed by atoms with E-state index in [1.54, 1.807) is 0 Å². The monoisotopic (exact) mass is 240 g/mol. The van der Waals surface area contributed by atoms with Gasteiger partial charge in [-0.25, -0.2) is 0 Å². The molecule has 0 bridgehead atoms. The molecule has 2 rings (SSSR count). The summed E-state index contributed by atoms with van der Waals surface area (Å²) in [6.45, 7) is 2.86. The van der Waals surface area contributed by atoms with E-state index < -0.39 is 0 Å². The van der Waals surface area contributed by atoms with Gasteiger partial charge >= 0.3 is 0 Å². The molecule has 1 aromatic carbocycles. The number of aromatic nitrogens is 2. The van der Waals surface area contributed by atoms with Gasteiger partial charge in [-0.15, -0.1) is 0 Å². The van der Waals surface area contributed by atoms with Gasteiger partial charge in [0.1, 0.15) is 0 Å². The minimum absolute atomic E-state index is 0.677. The quantitative estimate of drug-likeness (QED) is 0.893. The van der Waals surface area contributed by atoms with Crippen molar-refractivity contribution in [2.45, 2.75) is 19.9 Å². The van der Waals surface area contributed by atoms with Gasteiger partial charge in [0.2, 0.25) is 0 Å². The van der Waals surface area contributed by atoms with Crippen molar-refractivity contribution in [1.82, 2.24) is 9.78 Å². The van der Waals surface area contributed by atoms with Crippen LogP contribution in [0.4, 0.5) is 5.69 Å². The summed E-state index contributed by atoms with van der Waals surface area (Å²) in [5.74, 6) is 0. The molecule has 0 unspecified atom stereocenters. The lowest BCUT2D eigenvalue weighted by atomic mass is 10.2. The number of nitrogens with zero attached hydrogens (tertiary/aromatic N) is 3. The molecule has 18 heavy (non-hydrogen) atoms. The molecule has 2 aromatic rings. The fourth-order valence-electron chi connectivity index (χ4n) is 1.89. The molecule has 0 aliphatic rings. The maximum atomic E-state index is 8.73. The summed E-state index contributed by atoms with van der Waals surface area (Å²) in [7, 11) is 1.93. The fraction of sp³-hybridized carbons (Fsp3) is 0.286. The first-order valence-electron chi connectivity index (χ1n) is 5.98. The van der Waals surface area contributed by atoms with Crippen molar-refractivity contribution in [1.29, 1.82) is 5.26 Å². The second-order valence-corrected chi connectivity index (χ2v) is 4.17. The molecule has 92 valence electrons. The fourth-order valence-corrected chi connectivity index (χ4v) is 1.89. The number of nitriles is 1. The first-order chi connectivity index (χ1) is 8.72. The van der Waals surface area contributed by atoms with Gasteiger partial charge in [0.15, 0.2) is 0 Å². The number of anilines is 1. The Bertz CT molecular complexity index is 560. The van der Waals surface area contributed by atoms with Crippen molar-refractivity contribution in [3.05, 3.63) is 47.3 Å². The zero-order valence-corrected chi connectivity index (χ0v) is 10.6. The molecule has 0 radical (unpaired) electrons. The van der Waals surface area contributed by atoms with E-state index in [0.29, 0.717) is 5.56 Å². The lowest BCUT2D eigenvalue weighted by Crippen LogP contribution is -2.00. The predicted molar refractivity (Wildman–Crippen MR) is 71.1 cm³/mol. The SMILES string of the molecule is CCc1nn(C)cc1CNc1ccc(C#N)cc1. The van der Waals surface area contributed by atoms with Crippen molar-refractivity contribution >= 4 is 5.69 Å². The molecule has 0 saturated heterocycles. The summed E-state index contributed by atoms with van der Waals surface area (Å²) >= 11 is 0. The maximum absolute atomic E-state index is 8.73. The highest BCUT2D eigenvalue weighted by Crippen LogP contribution is 2.13. The Morgan fingerprint density at radius 1 is 1.33 bits per heavy atom. The molecule has 1 N–H and O–H groups in total. The summed E-state index contributed by atoms with van der Waals surface area (Å²) in [4.78, 5) is 0. The lowest BCUT2D eigenvalue weighted by molar-refractivity contribution is 0.746. The van der Waals surface area contributed by atoms with E-state index in [1.807, 2.05) is 42.2 Å². The van der Waals surface area contributed by atoms with Gasteiger partial charge in [-0.3, -0.25) is 4.68 Å². The van der Waals surface area contributed by atoms with Gasteiger partial charge < -0.3 is 5.32 Å². The van der Waals surface area contributed by atoms with E-state index >= 15 is 0 Å². The van der Waals surface area contributed by atoms with Gasteiger partial charge in [0, 0.05) is 31.0 Å². The molecule has 1 aromatic heterocycles. The first kappa shape index (κ1) is 12.2. The van der Waals surface area contributed by atoms with Crippen LogP contribution in [0, 0.1) is 11.3 Å². The molecule has 0 saturated carbocycles. The Balaban J connectivity index is 2.04. The van der Waals surface area contributed by atoms with Crippen molar-refractivity contribution in [3.8, 4) is 6.07 Å². The van der Waals surface area contributed by atoms with Crippen molar-refractivity contribution < 1.29 is 0 Å². The van der Waals surface area contributed by atoms with Gasteiger partial charge in [-0.1, -0.05) is 6.92 Å². The normalized spacial score (nSPS) is 10.1. The minimum atomic E-state index is 0.677. The number of hydrogen-bond acceptors (Lipinski definition) is 3. The number of nitrogens with one attached hydrogen (secondary N) is 1. The summed E-state index contributed by atoms with van der Waals surface area (Å²) in [6, 6.07) is 9.57. The predicted octanol–water partition coefficient (Wildman–Crippen LogP) is 2.47. The smallest absolute Gasteiger partial charge is 0.0991 e. The summed E-state index contributed by atoms with van der Waals surface area (Å²) in [5, 5.41) is 16.5. The van der Waals surface area contributed by atoms with Crippen molar-refractivity contribution in [2.75, 3.05) is 5.32 Å². The topological polar surface area (TPSA) is 53.6 Å². The second kappa shape index (κ2) is 5.37. The molecular weight excluding hydrogens is 224 g/mol. The Hall–Kier alpha value is -2.28. The molecule has 0 aliphatic carbocycles. The zero-order valence-electron chi connectivity index (χ0n) is 10.6. The van der Waals surface area contributed by atoms with Gasteiger partial charge in [0.25, 0.3) is 0 Å². The van der Waals surface area contributed by atoms with Crippen LogP contribution in [0.1, 0.15) is 23.7 Å². The third-order valence-corrected chi connectivity index (χ3v) is 2.82. The van der Waals surface area contributed by atoms with Gasteiger partial charge in [-0.2, -0.15) is 10.4 Å². The average molecular weight is 240 g/mol. The second-order valence-electron chi connectivity index (χ2n) is 4.17. The number of hydrogen-bond donors (Lipinski definition) is 1. The lowest BCUT2D eigenvalue weighted by Gasteiger charge is -2.05. The van der Waals surface area contributed by atoms with E-state index in [0.717, 1.165) is 24.3 Å². The highest BCUT2D eigenvalue weighted by Gasteiger charge is 2.05. The maximum Gasteiger partial charge on any atom is 0.0991 e. The Kier molecular flexibility index (Phi) is 3.63. The van der Waals surface area contributed by atoms with E-state index in [4.69, 9.17) is 5.26 Å². The third-order valence-electron chi connectivity index (χ3n) is 2.82. The van der Waals surface area contributed by atoms with Crippen LogP contribution in [-0.2, 0) is 20.0 Å². The standard InChI is InChI=1S/C14H16N4/c1-3-14-12(10-18(2)17-14)9-16-13-6-4-11(8-15)5-7-13/h4-7,10,16H,3,9H2,1-2H3. The highest BCUT2D eigenvalue weighted by atomic mass is 15.3. The van der Waals surface area contributed by atoms with Crippen LogP contribution >= 0.6 is 0 Å². The summed E-state index contributed by atoms with van der Waals surface area (Å²) < 4.78 is 1.84. The van der Waals surface area contributed by atoms with Crippen LogP contribution in [0.3, 0.4) is 0 Å². The van der Waals surface area contributed by atoms with Gasteiger partial charge in [0.05, 0.1) is 17.3 Å². The molecule has 4 nitrogen and oxygen atoms in total. The minimum Gasteiger partial charge on any atom is -0.381 e. The average Bonchev–Trinajstić information content (AvgIpc) is 2.77. The number of benzene rings is 1. The van der Waals surface area contributed by atoms with Crippen LogP contribution in [0.25, 0.3) is 0 Å². The molecule has 1 heterocycles. The molecule has 0 atom stereocenters. The van der Waals surface area contributed by atoms with Crippen molar-refractivity contribution in [3.63, 3.8) is 0 Å². The van der Waals surface area contributed by atoms with Crippen LogP contribution in [0.2, 0.25) is 0 Å². The molecule has 0 amide bonds. The molecule has 4 heteroatoms. The Morgan fingerprint density at radius 3 is 2.67 bits per heavy atom. The zero-order chi connectivity index (χ0) is 13.0. The third kappa shape index (κ3) is 2.69. The Morgan fingerprint density at radius 2 is 2.06 bits per heavy atom. The number of aryl methyl sites for hydroxylation is 2. The van der Waals surface area contributed by atoms with Crippen LogP contribution in [0.15, 0.2) is 30.5 Å². The summed E-state index contributed by atoms with van der Waals surface area (Å²) in [5.41, 5.74) is 4.03. The van der Waals surface area contributed by atoms with E-state index in [9.17, 15) is 0 Å². The first-order valence-corrected chi connectivity index (χ1v) is 5.98. The molecule has 0 spiro atoms. The van der Waals surface area contributed by atoms with Crippen LogP contribution in [0.5, 0.6) is 0 Å². The Labute approximate surface area is 107 Å². The molecule has 0 fully saturated rings. The number of rotatable bonds is 4. The van der Waals surface area contributed by atoms with E-state index in [1.165, 1.54) is 5.56 Å². The van der Waals surface area contributed by atoms with E-state index in [-0.39, 0.29) is 0 Å². The summed E-state index contributed by atoms with van der Waals surface area (Å²) in [6.07, 6.45) is 2.97. The van der Waals surface area contributed by atoms with Crippen LogP contribution < -0.4 is 5.32 Å². The molecular formula is C14H16N4.